The molecule has 0 heterocycles. The summed E-state index contributed by atoms with van der Waals surface area (Å²) in [6.07, 6.45) is 1.90. The van der Waals surface area contributed by atoms with E-state index in [1.54, 1.807) is 12.1 Å². The molecule has 0 saturated heterocycles. The lowest BCUT2D eigenvalue weighted by molar-refractivity contribution is 0.277. The zero-order chi connectivity index (χ0) is 18.2. The second-order valence-corrected chi connectivity index (χ2v) is 10.2. The lowest BCUT2D eigenvalue weighted by Crippen LogP contribution is -2.25. The van der Waals surface area contributed by atoms with Crippen LogP contribution in [0.2, 0.25) is 0 Å². The third-order valence-corrected chi connectivity index (χ3v) is 4.30. The van der Waals surface area contributed by atoms with E-state index in [4.69, 9.17) is 0 Å². The van der Waals surface area contributed by atoms with Crippen molar-refractivity contribution in [3.63, 3.8) is 0 Å². The first-order valence-corrected chi connectivity index (χ1v) is 8.69. The molecule has 0 aliphatic heterocycles. The Labute approximate surface area is 142 Å². The minimum absolute atomic E-state index is 0.157. The summed E-state index contributed by atoms with van der Waals surface area (Å²) in [6.45, 7) is 19.6. The van der Waals surface area contributed by atoms with E-state index in [9.17, 15) is 10.2 Å². The van der Waals surface area contributed by atoms with Crippen molar-refractivity contribution in [2.45, 2.75) is 86.5 Å². The second kappa shape index (κ2) is 6.37. The van der Waals surface area contributed by atoms with E-state index < -0.39 is 0 Å². The van der Waals surface area contributed by atoms with Gasteiger partial charge >= 0.3 is 0 Å². The molecule has 0 radical (unpaired) electrons. The lowest BCUT2D eigenvalue weighted by Gasteiger charge is -2.34. The van der Waals surface area contributed by atoms with Crippen LogP contribution in [0.1, 0.15) is 92.2 Å². The van der Waals surface area contributed by atoms with Crippen LogP contribution in [0.5, 0.6) is 11.5 Å². The molecule has 132 valence electrons. The Kier molecular flexibility index (Phi) is 5.51. The summed E-state index contributed by atoms with van der Waals surface area (Å²) in [6, 6.07) is 3.54. The highest BCUT2D eigenvalue weighted by Crippen LogP contribution is 2.44. The maximum Gasteiger partial charge on any atom is 0.119 e. The fourth-order valence-electron chi connectivity index (χ4n) is 3.98. The molecule has 0 saturated carbocycles. The average Bonchev–Trinajstić information content (AvgIpc) is 2.25. The molecular weight excluding hydrogens is 284 g/mol. The van der Waals surface area contributed by atoms with Gasteiger partial charge in [-0.05, 0) is 47.1 Å². The summed E-state index contributed by atoms with van der Waals surface area (Å²) in [5.74, 6) is 0.810. The molecule has 0 amide bonds. The Morgan fingerprint density at radius 1 is 0.826 bits per heavy atom. The molecule has 1 aromatic rings. The summed E-state index contributed by atoms with van der Waals surface area (Å²) in [5.41, 5.74) is 1.82. The fourth-order valence-corrected chi connectivity index (χ4v) is 3.98. The van der Waals surface area contributed by atoms with E-state index in [1.807, 2.05) is 0 Å². The minimum Gasteiger partial charge on any atom is -0.508 e. The van der Waals surface area contributed by atoms with Crippen molar-refractivity contribution < 1.29 is 10.2 Å². The topological polar surface area (TPSA) is 40.5 Å². The molecule has 1 atom stereocenters. The highest BCUT2D eigenvalue weighted by Gasteiger charge is 2.31. The van der Waals surface area contributed by atoms with Crippen LogP contribution in [0.3, 0.4) is 0 Å². The maximum atomic E-state index is 10.6. The van der Waals surface area contributed by atoms with Gasteiger partial charge in [-0.3, -0.25) is 0 Å². The molecule has 1 rings (SSSR count). The first-order valence-electron chi connectivity index (χ1n) is 8.69. The van der Waals surface area contributed by atoms with Gasteiger partial charge in [-0.15, -0.1) is 0 Å². The van der Waals surface area contributed by atoms with E-state index in [1.165, 1.54) is 0 Å². The molecule has 2 heteroatoms. The van der Waals surface area contributed by atoms with Crippen LogP contribution in [0.15, 0.2) is 12.1 Å². The second-order valence-electron chi connectivity index (χ2n) is 10.2. The number of rotatable bonds is 4. The quantitative estimate of drug-likeness (QED) is 0.634. The molecule has 0 aliphatic rings. The van der Waals surface area contributed by atoms with Crippen molar-refractivity contribution in [3.8, 4) is 11.5 Å². The predicted octanol–water partition coefficient (Wildman–Crippen LogP) is 6.35. The van der Waals surface area contributed by atoms with Crippen LogP contribution in [-0.4, -0.2) is 10.2 Å². The number of phenols is 2. The van der Waals surface area contributed by atoms with Crippen LogP contribution < -0.4 is 0 Å². The summed E-state index contributed by atoms with van der Waals surface area (Å²) in [7, 11) is 0. The zero-order valence-corrected chi connectivity index (χ0v) is 16.5. The summed E-state index contributed by atoms with van der Waals surface area (Å²) >= 11 is 0. The Bertz CT molecular complexity index is 542. The van der Waals surface area contributed by atoms with E-state index in [2.05, 4.69) is 62.3 Å². The number of hydrogen-bond donors (Lipinski definition) is 2. The van der Waals surface area contributed by atoms with E-state index in [-0.39, 0.29) is 22.2 Å². The summed E-state index contributed by atoms with van der Waals surface area (Å²) in [4.78, 5) is 0. The largest absolute Gasteiger partial charge is 0.508 e. The summed E-state index contributed by atoms with van der Waals surface area (Å²) in [5, 5.41) is 21.1. The number of benzene rings is 1. The van der Waals surface area contributed by atoms with Gasteiger partial charge < -0.3 is 10.2 Å². The van der Waals surface area contributed by atoms with Crippen LogP contribution >= 0.6 is 0 Å². The lowest BCUT2D eigenvalue weighted by atomic mass is 9.71. The molecule has 0 bridgehead atoms. The van der Waals surface area contributed by atoms with Crippen LogP contribution in [0, 0.1) is 10.8 Å². The average molecular weight is 321 g/mol. The predicted molar refractivity (Wildman–Crippen MR) is 99.4 cm³/mol. The monoisotopic (exact) mass is 320 g/mol. The van der Waals surface area contributed by atoms with Crippen molar-refractivity contribution in [2.75, 3.05) is 0 Å². The van der Waals surface area contributed by atoms with Gasteiger partial charge in [0.25, 0.3) is 0 Å². The summed E-state index contributed by atoms with van der Waals surface area (Å²) < 4.78 is 0. The van der Waals surface area contributed by atoms with Gasteiger partial charge in [0.05, 0.1) is 0 Å². The third-order valence-electron chi connectivity index (χ3n) is 4.30. The van der Waals surface area contributed by atoms with Crippen LogP contribution in [0.25, 0.3) is 0 Å². The van der Waals surface area contributed by atoms with E-state index >= 15 is 0 Å². The first kappa shape index (κ1) is 19.9. The van der Waals surface area contributed by atoms with Crippen molar-refractivity contribution in [2.24, 2.45) is 10.8 Å². The molecule has 1 aromatic carbocycles. The zero-order valence-electron chi connectivity index (χ0n) is 16.5. The van der Waals surface area contributed by atoms with Gasteiger partial charge in [0.2, 0.25) is 0 Å². The van der Waals surface area contributed by atoms with Crippen molar-refractivity contribution in [3.05, 3.63) is 23.3 Å². The Morgan fingerprint density at radius 2 is 1.35 bits per heavy atom. The van der Waals surface area contributed by atoms with Gasteiger partial charge in [-0.25, -0.2) is 0 Å². The molecule has 0 fully saturated rings. The Morgan fingerprint density at radius 3 is 1.78 bits per heavy atom. The van der Waals surface area contributed by atoms with Crippen molar-refractivity contribution >= 4 is 0 Å². The number of aromatic hydroxyl groups is 2. The molecule has 2 N–H and O–H groups in total. The molecule has 23 heavy (non-hydrogen) atoms. The Balaban J connectivity index is 3.20. The smallest absolute Gasteiger partial charge is 0.119 e. The van der Waals surface area contributed by atoms with Crippen molar-refractivity contribution in [1.82, 2.24) is 0 Å². The van der Waals surface area contributed by atoms with Gasteiger partial charge in [0.15, 0.2) is 0 Å². The van der Waals surface area contributed by atoms with E-state index in [0.717, 1.165) is 24.0 Å². The molecule has 0 aromatic heterocycles. The van der Waals surface area contributed by atoms with E-state index in [0.29, 0.717) is 11.5 Å². The van der Waals surface area contributed by atoms with Crippen LogP contribution in [0.4, 0.5) is 0 Å². The normalized spacial score (nSPS) is 14.8. The molecular formula is C21H36O2. The maximum absolute atomic E-state index is 10.6. The molecule has 0 spiro atoms. The van der Waals surface area contributed by atoms with Gasteiger partial charge in [0, 0.05) is 11.1 Å². The fraction of sp³-hybridized carbons (Fsp3) is 0.714. The minimum atomic E-state index is -0.189. The number of phenolic OH excluding ortho intramolecular Hbond substituents is 2. The SMILES string of the molecule is CC(CC(C)(C)C)c1cc(O)c(C(C)(C)CC(C)(C)C)cc1O. The molecule has 1 unspecified atom stereocenters. The van der Waals surface area contributed by atoms with Gasteiger partial charge in [-0.2, -0.15) is 0 Å². The third kappa shape index (κ3) is 5.75. The molecule has 2 nitrogen and oxygen atoms in total. The highest BCUT2D eigenvalue weighted by atomic mass is 16.3. The highest BCUT2D eigenvalue weighted by molar-refractivity contribution is 5.49. The van der Waals surface area contributed by atoms with Crippen LogP contribution in [-0.2, 0) is 5.41 Å². The van der Waals surface area contributed by atoms with Gasteiger partial charge in [-0.1, -0.05) is 62.3 Å². The standard InChI is InChI=1S/C21H36O2/c1-14(12-19(2,3)4)15-10-18(23)16(11-17(15)22)21(8,9)13-20(5,6)7/h10-11,14,22-23H,12-13H2,1-9H3. The van der Waals surface area contributed by atoms with Crippen molar-refractivity contribution in [1.29, 1.82) is 0 Å². The Hall–Kier alpha value is -1.18. The molecule has 0 aliphatic carbocycles. The van der Waals surface area contributed by atoms with Gasteiger partial charge in [0.1, 0.15) is 11.5 Å². The number of hydrogen-bond acceptors (Lipinski definition) is 2. The first-order chi connectivity index (χ1) is 10.1.